The van der Waals surface area contributed by atoms with Crippen molar-refractivity contribution >= 4 is 36.2 Å². The fourth-order valence-electron chi connectivity index (χ4n) is 3.98. The first-order valence-corrected chi connectivity index (χ1v) is 12.7. The van der Waals surface area contributed by atoms with Crippen molar-refractivity contribution in [1.82, 2.24) is 19.5 Å². The number of halogens is 2. The molecule has 2 aromatic heterocycles. The van der Waals surface area contributed by atoms with Gasteiger partial charge in [0.1, 0.15) is 18.0 Å². The average molecular weight is 516 g/mol. The Balaban J connectivity index is 1.58. The van der Waals surface area contributed by atoms with Crippen LogP contribution in [-0.4, -0.2) is 64.0 Å². The highest BCUT2D eigenvalue weighted by molar-refractivity contribution is 7.51. The van der Waals surface area contributed by atoms with Crippen molar-refractivity contribution in [2.45, 2.75) is 50.3 Å². The Morgan fingerprint density at radius 3 is 2.71 bits per heavy atom. The van der Waals surface area contributed by atoms with Crippen LogP contribution in [0.5, 0.6) is 0 Å². The van der Waals surface area contributed by atoms with Crippen molar-refractivity contribution in [2.24, 2.45) is 0 Å². The van der Waals surface area contributed by atoms with Gasteiger partial charge in [-0.1, -0.05) is 18.2 Å². The van der Waals surface area contributed by atoms with E-state index < -0.39 is 38.2 Å². The summed E-state index contributed by atoms with van der Waals surface area (Å²) in [5.41, 5.74) is 0.929. The number of hydrogen-bond acceptors (Lipinski definition) is 8. The molecule has 4 unspecified atom stereocenters. The number of imidazole rings is 1. The zero-order chi connectivity index (χ0) is 24.6. The third-order valence-electron chi connectivity index (χ3n) is 5.67. The van der Waals surface area contributed by atoms with Gasteiger partial charge in [-0.15, -0.1) is 0 Å². The summed E-state index contributed by atoms with van der Waals surface area (Å²) in [5.74, 6) is -0.138. The molecule has 0 saturated carbocycles. The number of ether oxygens (including phenoxy) is 1. The Kier molecular flexibility index (Phi) is 7.20. The highest BCUT2D eigenvalue weighted by Gasteiger charge is 2.44. The lowest BCUT2D eigenvalue weighted by Gasteiger charge is -2.18. The minimum atomic E-state index is -4.18. The van der Waals surface area contributed by atoms with E-state index in [-0.39, 0.29) is 41.6 Å². The fourth-order valence-corrected chi connectivity index (χ4v) is 4.74. The van der Waals surface area contributed by atoms with E-state index in [1.54, 1.807) is 25.1 Å². The van der Waals surface area contributed by atoms with Gasteiger partial charge in [-0.2, -0.15) is 9.97 Å². The van der Waals surface area contributed by atoms with E-state index in [1.165, 1.54) is 17.0 Å². The Bertz CT molecular complexity index is 1230. The van der Waals surface area contributed by atoms with E-state index in [9.17, 15) is 19.2 Å². The zero-order valence-corrected chi connectivity index (χ0v) is 19.6. The van der Waals surface area contributed by atoms with Gasteiger partial charge in [0, 0.05) is 11.7 Å². The van der Waals surface area contributed by atoms with Crippen LogP contribution in [0.2, 0.25) is 5.28 Å². The van der Waals surface area contributed by atoms with Crippen LogP contribution in [0, 0.1) is 5.82 Å². The summed E-state index contributed by atoms with van der Waals surface area (Å²) < 4.78 is 32.5. The van der Waals surface area contributed by atoms with Crippen molar-refractivity contribution in [3.63, 3.8) is 0 Å². The molecule has 0 spiro atoms. The smallest absolute Gasteiger partial charge is 0.325 e. The molecule has 0 amide bonds. The summed E-state index contributed by atoms with van der Waals surface area (Å²) >= 11 is 6.12. The van der Waals surface area contributed by atoms with Crippen LogP contribution in [0.4, 0.5) is 10.2 Å². The number of rotatable bonds is 8. The fraction of sp³-hybridized carbons (Fsp3) is 0.450. The van der Waals surface area contributed by atoms with Crippen LogP contribution < -0.4 is 5.32 Å². The van der Waals surface area contributed by atoms with Crippen LogP contribution in [0.3, 0.4) is 0 Å². The van der Waals surface area contributed by atoms with E-state index in [0.717, 1.165) is 0 Å². The van der Waals surface area contributed by atoms with E-state index >= 15 is 0 Å². The average Bonchev–Trinajstić information content (AvgIpc) is 3.29. The van der Waals surface area contributed by atoms with Crippen LogP contribution in [-0.2, 0) is 9.30 Å². The normalized spacial score (nSPS) is 24.0. The van der Waals surface area contributed by atoms with E-state index in [0.29, 0.717) is 11.1 Å². The molecule has 0 bridgehead atoms. The van der Waals surface area contributed by atoms with Gasteiger partial charge in [-0.3, -0.25) is 9.13 Å². The van der Waals surface area contributed by atoms with Gasteiger partial charge in [0.15, 0.2) is 23.2 Å². The molecule has 0 aliphatic carbocycles. The molecule has 1 saturated heterocycles. The number of nitrogens with zero attached hydrogens (tertiary/aromatic N) is 4. The molecule has 0 radical (unpaired) electrons. The minimum absolute atomic E-state index is 0.103. The van der Waals surface area contributed by atoms with Gasteiger partial charge in [0.05, 0.1) is 18.5 Å². The largest absolute Gasteiger partial charge is 0.388 e. The molecule has 11 nitrogen and oxygen atoms in total. The van der Waals surface area contributed by atoms with Crippen molar-refractivity contribution in [3.8, 4) is 0 Å². The molecule has 3 heterocycles. The third kappa shape index (κ3) is 5.23. The quantitative estimate of drug-likeness (QED) is 0.222. The number of benzene rings is 1. The summed E-state index contributed by atoms with van der Waals surface area (Å²) in [6.45, 7) is 1.75. The highest BCUT2D eigenvalue weighted by atomic mass is 35.5. The predicted octanol–water partition coefficient (Wildman–Crippen LogP) is 2.37. The first-order chi connectivity index (χ1) is 16.0. The maximum atomic E-state index is 14.2. The van der Waals surface area contributed by atoms with E-state index in [1.807, 2.05) is 0 Å². The van der Waals surface area contributed by atoms with Crippen LogP contribution >= 0.6 is 19.2 Å². The molecular formula is C20H24ClFN5O6P. The molecule has 1 aromatic carbocycles. The lowest BCUT2D eigenvalue weighted by Crippen LogP contribution is -2.31. The number of aliphatic hydroxyl groups excluding tert-OH is 2. The Labute approximate surface area is 198 Å². The molecule has 1 aliphatic heterocycles. The second-order valence-corrected chi connectivity index (χ2v) is 10.2. The number of aromatic nitrogens is 4. The summed E-state index contributed by atoms with van der Waals surface area (Å²) in [5, 5.41) is 23.9. The summed E-state index contributed by atoms with van der Waals surface area (Å²) in [6.07, 6.45) is -3.31. The maximum Gasteiger partial charge on any atom is 0.325 e. The van der Waals surface area contributed by atoms with Crippen molar-refractivity contribution in [2.75, 3.05) is 11.5 Å². The van der Waals surface area contributed by atoms with Gasteiger partial charge in [-0.05, 0) is 37.4 Å². The zero-order valence-electron chi connectivity index (χ0n) is 18.0. The molecule has 1 aliphatic rings. The molecule has 1 fully saturated rings. The second kappa shape index (κ2) is 9.82. The van der Waals surface area contributed by atoms with E-state index in [2.05, 4.69) is 20.3 Å². The van der Waals surface area contributed by atoms with Gasteiger partial charge < -0.3 is 30.1 Å². The Morgan fingerprint density at radius 1 is 1.26 bits per heavy atom. The SMILES string of the molecule is C[C@H](Nc1nc(Cl)nc2c1ncn2C1OC(CCCP(=O)(O)O)C(O)C1O)c1ccccc1F. The van der Waals surface area contributed by atoms with Crippen LogP contribution in [0.15, 0.2) is 30.6 Å². The third-order valence-corrected chi connectivity index (χ3v) is 6.74. The van der Waals surface area contributed by atoms with Crippen LogP contribution in [0.25, 0.3) is 11.2 Å². The van der Waals surface area contributed by atoms with Crippen molar-refractivity contribution in [1.29, 1.82) is 0 Å². The lowest BCUT2D eigenvalue weighted by atomic mass is 10.1. The number of fused-ring (bicyclic) bond motifs is 1. The summed E-state index contributed by atoms with van der Waals surface area (Å²) in [6, 6.07) is 5.82. The Morgan fingerprint density at radius 2 is 2.00 bits per heavy atom. The minimum Gasteiger partial charge on any atom is -0.388 e. The van der Waals surface area contributed by atoms with Crippen molar-refractivity contribution in [3.05, 3.63) is 47.3 Å². The van der Waals surface area contributed by atoms with Gasteiger partial charge in [0.2, 0.25) is 5.28 Å². The summed E-state index contributed by atoms with van der Waals surface area (Å²) in [4.78, 5) is 30.7. The number of hydrogen-bond donors (Lipinski definition) is 5. The molecular weight excluding hydrogens is 492 g/mol. The molecule has 3 aromatic rings. The molecule has 34 heavy (non-hydrogen) atoms. The second-order valence-electron chi connectivity index (χ2n) is 8.13. The number of anilines is 1. The molecule has 5 atom stereocenters. The molecule has 4 rings (SSSR count). The Hall–Kier alpha value is -2.18. The van der Waals surface area contributed by atoms with Gasteiger partial charge in [-0.25, -0.2) is 9.37 Å². The topological polar surface area (TPSA) is 163 Å². The maximum absolute atomic E-state index is 14.2. The number of nitrogens with one attached hydrogen (secondary N) is 1. The highest BCUT2D eigenvalue weighted by Crippen LogP contribution is 2.38. The monoisotopic (exact) mass is 515 g/mol. The first-order valence-electron chi connectivity index (χ1n) is 10.5. The summed E-state index contributed by atoms with van der Waals surface area (Å²) in [7, 11) is -4.18. The molecule has 5 N–H and O–H groups in total. The van der Waals surface area contributed by atoms with Crippen molar-refractivity contribution < 1.29 is 33.7 Å². The van der Waals surface area contributed by atoms with Gasteiger partial charge >= 0.3 is 7.60 Å². The standard InChI is InChI=1S/C20H24ClFN5O6P/c1-10(11-5-2-3-6-12(11)22)24-17-14-18(26-20(21)25-17)27(9-23-14)19-16(29)15(28)13(33-19)7-4-8-34(30,31)32/h2-3,5-6,9-10,13,15-16,19,28-29H,4,7-8H2,1H3,(H,24,25,26)(H2,30,31,32)/t10-,13?,15?,16?,19?/m0/s1. The van der Waals surface area contributed by atoms with E-state index in [4.69, 9.17) is 26.1 Å². The first kappa shape index (κ1) is 24.9. The lowest BCUT2D eigenvalue weighted by molar-refractivity contribution is -0.0370. The van der Waals surface area contributed by atoms with Crippen LogP contribution in [0.1, 0.15) is 37.6 Å². The molecule has 184 valence electrons. The molecule has 14 heteroatoms. The predicted molar refractivity (Wildman–Crippen MR) is 121 cm³/mol. The number of aliphatic hydroxyl groups is 2. The van der Waals surface area contributed by atoms with Gasteiger partial charge in [0.25, 0.3) is 0 Å².